The van der Waals surface area contributed by atoms with E-state index in [0.717, 1.165) is 11.1 Å². The van der Waals surface area contributed by atoms with Crippen LogP contribution in [0.5, 0.6) is 5.75 Å². The van der Waals surface area contributed by atoms with Crippen molar-refractivity contribution < 1.29 is 9.90 Å². The molecule has 3 rings (SSSR count). The summed E-state index contributed by atoms with van der Waals surface area (Å²) < 4.78 is 0. The summed E-state index contributed by atoms with van der Waals surface area (Å²) in [6, 6.07) is 23.7. The third-order valence-electron chi connectivity index (χ3n) is 3.39. The van der Waals surface area contributed by atoms with Gasteiger partial charge < -0.3 is 5.11 Å². The van der Waals surface area contributed by atoms with Gasteiger partial charge in [0.2, 0.25) is 0 Å². The molecule has 0 aliphatic rings. The number of hydrogen-bond donors (Lipinski definition) is 1. The fourth-order valence-corrected chi connectivity index (χ4v) is 2.32. The van der Waals surface area contributed by atoms with Gasteiger partial charge in [0.25, 0.3) is 0 Å². The summed E-state index contributed by atoms with van der Waals surface area (Å²) in [6.45, 7) is 0. The van der Waals surface area contributed by atoms with E-state index in [1.807, 2.05) is 54.6 Å². The first kappa shape index (κ1) is 13.1. The minimum atomic E-state index is -0.0468. The molecule has 0 saturated heterocycles. The van der Waals surface area contributed by atoms with Crippen LogP contribution in [0.2, 0.25) is 0 Å². The molecule has 0 amide bonds. The number of phenols is 1. The minimum Gasteiger partial charge on any atom is -0.508 e. The Morgan fingerprint density at radius 2 is 1.33 bits per heavy atom. The van der Waals surface area contributed by atoms with E-state index in [-0.39, 0.29) is 11.5 Å². The predicted octanol–water partition coefficient (Wildman–Crippen LogP) is 4.29. The van der Waals surface area contributed by atoms with Crippen molar-refractivity contribution in [1.29, 1.82) is 0 Å². The fraction of sp³-hybridized carbons (Fsp3) is 0. The van der Waals surface area contributed by atoms with E-state index in [9.17, 15) is 9.90 Å². The number of carbonyl (C=O) groups is 1. The van der Waals surface area contributed by atoms with Crippen LogP contribution in [-0.2, 0) is 0 Å². The summed E-state index contributed by atoms with van der Waals surface area (Å²) in [7, 11) is 0. The van der Waals surface area contributed by atoms with E-state index >= 15 is 0 Å². The Morgan fingerprint density at radius 3 is 2.05 bits per heavy atom. The lowest BCUT2D eigenvalue weighted by Crippen LogP contribution is -2.03. The third-order valence-corrected chi connectivity index (χ3v) is 3.39. The Morgan fingerprint density at radius 1 is 0.714 bits per heavy atom. The number of hydrogen-bond acceptors (Lipinski definition) is 2. The van der Waals surface area contributed by atoms with E-state index in [2.05, 4.69) is 0 Å². The summed E-state index contributed by atoms with van der Waals surface area (Å²) in [6.07, 6.45) is 0. The van der Waals surface area contributed by atoms with Crippen LogP contribution < -0.4 is 0 Å². The number of aromatic hydroxyl groups is 1. The smallest absolute Gasteiger partial charge is 0.193 e. The maximum atomic E-state index is 12.7. The molecule has 3 aromatic carbocycles. The van der Waals surface area contributed by atoms with Crippen LogP contribution in [0.15, 0.2) is 78.9 Å². The van der Waals surface area contributed by atoms with E-state index in [0.29, 0.717) is 11.1 Å². The van der Waals surface area contributed by atoms with E-state index < -0.39 is 0 Å². The normalized spacial score (nSPS) is 10.3. The van der Waals surface area contributed by atoms with Crippen molar-refractivity contribution in [2.75, 3.05) is 0 Å². The molecule has 0 heterocycles. The van der Waals surface area contributed by atoms with Crippen LogP contribution in [0, 0.1) is 0 Å². The van der Waals surface area contributed by atoms with Gasteiger partial charge in [0.15, 0.2) is 5.78 Å². The lowest BCUT2D eigenvalue weighted by Gasteiger charge is -2.09. The largest absolute Gasteiger partial charge is 0.508 e. The Hall–Kier alpha value is -2.87. The highest BCUT2D eigenvalue weighted by Gasteiger charge is 2.14. The van der Waals surface area contributed by atoms with Crippen molar-refractivity contribution in [1.82, 2.24) is 0 Å². The number of ketones is 1. The van der Waals surface area contributed by atoms with Crippen molar-refractivity contribution in [2.24, 2.45) is 0 Å². The second-order valence-corrected chi connectivity index (χ2v) is 4.79. The monoisotopic (exact) mass is 274 g/mol. The zero-order valence-corrected chi connectivity index (χ0v) is 11.4. The van der Waals surface area contributed by atoms with Crippen LogP contribution in [-0.4, -0.2) is 10.9 Å². The van der Waals surface area contributed by atoms with Crippen LogP contribution >= 0.6 is 0 Å². The van der Waals surface area contributed by atoms with Crippen LogP contribution in [0.3, 0.4) is 0 Å². The van der Waals surface area contributed by atoms with Gasteiger partial charge in [0.05, 0.1) is 0 Å². The Balaban J connectivity index is 2.07. The van der Waals surface area contributed by atoms with Gasteiger partial charge in [-0.15, -0.1) is 0 Å². The predicted molar refractivity (Wildman–Crippen MR) is 83.4 cm³/mol. The van der Waals surface area contributed by atoms with Crippen molar-refractivity contribution in [2.45, 2.75) is 0 Å². The van der Waals surface area contributed by atoms with Gasteiger partial charge in [-0.3, -0.25) is 4.79 Å². The number of benzene rings is 3. The molecule has 0 aliphatic heterocycles. The minimum absolute atomic E-state index is 0.0468. The van der Waals surface area contributed by atoms with Gasteiger partial charge in [-0.2, -0.15) is 0 Å². The molecule has 0 spiro atoms. The standard InChI is InChI=1S/C19H14O2/c20-16-12-10-15(11-13-16)19(21)18-9-5-4-8-17(18)14-6-2-1-3-7-14/h1-13,20H. The van der Waals surface area contributed by atoms with E-state index in [1.54, 1.807) is 12.1 Å². The lowest BCUT2D eigenvalue weighted by molar-refractivity contribution is 0.103. The molecule has 0 unspecified atom stereocenters. The molecule has 21 heavy (non-hydrogen) atoms. The highest BCUT2D eigenvalue weighted by atomic mass is 16.3. The number of rotatable bonds is 3. The molecule has 0 aromatic heterocycles. The third kappa shape index (κ3) is 2.70. The average molecular weight is 274 g/mol. The van der Waals surface area contributed by atoms with Crippen molar-refractivity contribution >= 4 is 5.78 Å². The molecule has 0 radical (unpaired) electrons. The maximum Gasteiger partial charge on any atom is 0.193 e. The molecule has 2 heteroatoms. The Kier molecular flexibility index (Phi) is 3.52. The van der Waals surface area contributed by atoms with E-state index in [1.165, 1.54) is 12.1 Å². The van der Waals surface area contributed by atoms with Gasteiger partial charge >= 0.3 is 0 Å². The lowest BCUT2D eigenvalue weighted by atomic mass is 9.94. The molecular formula is C19H14O2. The second-order valence-electron chi connectivity index (χ2n) is 4.79. The summed E-state index contributed by atoms with van der Waals surface area (Å²) >= 11 is 0. The molecule has 0 bridgehead atoms. The average Bonchev–Trinajstić information content (AvgIpc) is 2.56. The molecule has 3 aromatic rings. The molecule has 0 fully saturated rings. The Labute approximate surface area is 123 Å². The summed E-state index contributed by atoms with van der Waals surface area (Å²) in [4.78, 5) is 12.7. The van der Waals surface area contributed by atoms with Gasteiger partial charge in [-0.05, 0) is 35.4 Å². The highest BCUT2D eigenvalue weighted by Crippen LogP contribution is 2.25. The first-order chi connectivity index (χ1) is 10.3. The molecular weight excluding hydrogens is 260 g/mol. The summed E-state index contributed by atoms with van der Waals surface area (Å²) in [5.74, 6) is 0.109. The first-order valence-corrected chi connectivity index (χ1v) is 6.74. The van der Waals surface area contributed by atoms with Gasteiger partial charge in [-0.1, -0.05) is 54.6 Å². The molecule has 0 aliphatic carbocycles. The quantitative estimate of drug-likeness (QED) is 0.723. The van der Waals surface area contributed by atoms with Gasteiger partial charge in [0, 0.05) is 11.1 Å². The zero-order chi connectivity index (χ0) is 14.7. The zero-order valence-electron chi connectivity index (χ0n) is 11.4. The molecule has 102 valence electrons. The first-order valence-electron chi connectivity index (χ1n) is 6.74. The SMILES string of the molecule is O=C(c1ccc(O)cc1)c1ccccc1-c1ccccc1. The summed E-state index contributed by atoms with van der Waals surface area (Å²) in [5, 5.41) is 9.33. The topological polar surface area (TPSA) is 37.3 Å². The molecule has 0 saturated carbocycles. The van der Waals surface area contributed by atoms with Crippen molar-refractivity contribution in [3.63, 3.8) is 0 Å². The van der Waals surface area contributed by atoms with E-state index in [4.69, 9.17) is 0 Å². The Bertz CT molecular complexity index is 759. The van der Waals surface area contributed by atoms with Crippen LogP contribution in [0.25, 0.3) is 11.1 Å². The number of phenolic OH excluding ortho intramolecular Hbond substituents is 1. The molecule has 0 atom stereocenters. The highest BCUT2D eigenvalue weighted by molar-refractivity contribution is 6.12. The number of carbonyl (C=O) groups excluding carboxylic acids is 1. The van der Waals surface area contributed by atoms with Crippen molar-refractivity contribution in [3.05, 3.63) is 90.0 Å². The van der Waals surface area contributed by atoms with Gasteiger partial charge in [-0.25, -0.2) is 0 Å². The maximum absolute atomic E-state index is 12.7. The van der Waals surface area contributed by atoms with Crippen molar-refractivity contribution in [3.8, 4) is 16.9 Å². The van der Waals surface area contributed by atoms with Gasteiger partial charge in [0.1, 0.15) is 5.75 Å². The summed E-state index contributed by atoms with van der Waals surface area (Å²) in [5.41, 5.74) is 3.15. The van der Waals surface area contributed by atoms with Crippen LogP contribution in [0.1, 0.15) is 15.9 Å². The molecule has 1 N–H and O–H groups in total. The van der Waals surface area contributed by atoms with Crippen LogP contribution in [0.4, 0.5) is 0 Å². The fourth-order valence-electron chi connectivity index (χ4n) is 2.32. The second kappa shape index (κ2) is 5.63. The molecule has 2 nitrogen and oxygen atoms in total.